The topological polar surface area (TPSA) is 12.0 Å². The second kappa shape index (κ2) is 6.67. The molecule has 0 amide bonds. The molecule has 20 heavy (non-hydrogen) atoms. The van der Waals surface area contributed by atoms with Crippen molar-refractivity contribution in [2.75, 3.05) is 6.54 Å². The number of likely N-dealkylation sites (N-methyl/N-ethyl adjacent to an activating group) is 1. The van der Waals surface area contributed by atoms with Gasteiger partial charge in [0, 0.05) is 6.04 Å². The van der Waals surface area contributed by atoms with Gasteiger partial charge in [0.15, 0.2) is 0 Å². The van der Waals surface area contributed by atoms with Crippen LogP contribution in [0.5, 0.6) is 0 Å². The van der Waals surface area contributed by atoms with E-state index in [1.54, 1.807) is 13.0 Å². The third-order valence-electron chi connectivity index (χ3n) is 3.57. The molecule has 1 N–H and O–H groups in total. The average molecular weight is 271 g/mol. The van der Waals surface area contributed by atoms with E-state index in [2.05, 4.69) is 43.4 Å². The summed E-state index contributed by atoms with van der Waals surface area (Å²) < 4.78 is 13.8. The van der Waals surface area contributed by atoms with Gasteiger partial charge in [-0.3, -0.25) is 0 Å². The van der Waals surface area contributed by atoms with Gasteiger partial charge in [-0.25, -0.2) is 4.39 Å². The molecule has 2 heteroatoms. The SMILES string of the molecule is CCNC(Cc1cccc(C)c1)c1ccc(C)c(F)c1. The molecule has 2 aromatic rings. The van der Waals surface area contributed by atoms with Crippen LogP contribution in [-0.4, -0.2) is 6.54 Å². The normalized spacial score (nSPS) is 12.4. The Labute approximate surface area is 120 Å². The van der Waals surface area contributed by atoms with Crippen molar-refractivity contribution in [3.63, 3.8) is 0 Å². The first-order chi connectivity index (χ1) is 9.60. The fraction of sp³-hybridized carbons (Fsp3) is 0.333. The summed E-state index contributed by atoms with van der Waals surface area (Å²) in [7, 11) is 0. The van der Waals surface area contributed by atoms with Crippen LogP contribution in [0, 0.1) is 19.7 Å². The minimum absolute atomic E-state index is 0.130. The number of benzene rings is 2. The van der Waals surface area contributed by atoms with Gasteiger partial charge in [-0.2, -0.15) is 0 Å². The minimum atomic E-state index is -0.130. The van der Waals surface area contributed by atoms with E-state index in [-0.39, 0.29) is 11.9 Å². The summed E-state index contributed by atoms with van der Waals surface area (Å²) in [4.78, 5) is 0. The highest BCUT2D eigenvalue weighted by Gasteiger charge is 2.12. The maximum absolute atomic E-state index is 13.8. The lowest BCUT2D eigenvalue weighted by atomic mass is 9.97. The Morgan fingerprint density at radius 2 is 1.90 bits per heavy atom. The van der Waals surface area contributed by atoms with E-state index in [9.17, 15) is 4.39 Å². The zero-order valence-corrected chi connectivity index (χ0v) is 12.4. The molecule has 0 aliphatic heterocycles. The largest absolute Gasteiger partial charge is 0.310 e. The Morgan fingerprint density at radius 1 is 1.10 bits per heavy atom. The number of nitrogens with one attached hydrogen (secondary N) is 1. The van der Waals surface area contributed by atoms with E-state index < -0.39 is 0 Å². The van der Waals surface area contributed by atoms with Crippen LogP contribution in [0.3, 0.4) is 0 Å². The summed E-state index contributed by atoms with van der Waals surface area (Å²) in [6, 6.07) is 14.2. The van der Waals surface area contributed by atoms with Gasteiger partial charge in [0.25, 0.3) is 0 Å². The van der Waals surface area contributed by atoms with Gasteiger partial charge >= 0.3 is 0 Å². The van der Waals surface area contributed by atoms with Crippen molar-refractivity contribution in [1.82, 2.24) is 5.32 Å². The summed E-state index contributed by atoms with van der Waals surface area (Å²) >= 11 is 0. The Hall–Kier alpha value is -1.67. The lowest BCUT2D eigenvalue weighted by molar-refractivity contribution is 0.541. The summed E-state index contributed by atoms with van der Waals surface area (Å²) in [6.07, 6.45) is 0.873. The van der Waals surface area contributed by atoms with Crippen LogP contribution in [-0.2, 0) is 6.42 Å². The second-order valence-corrected chi connectivity index (χ2v) is 5.31. The molecule has 0 spiro atoms. The van der Waals surface area contributed by atoms with E-state index in [0.29, 0.717) is 5.56 Å². The third kappa shape index (κ3) is 3.67. The maximum Gasteiger partial charge on any atom is 0.126 e. The van der Waals surface area contributed by atoms with Crippen LogP contribution in [0.4, 0.5) is 4.39 Å². The highest BCUT2D eigenvalue weighted by molar-refractivity contribution is 5.29. The van der Waals surface area contributed by atoms with Crippen molar-refractivity contribution < 1.29 is 4.39 Å². The molecule has 0 saturated carbocycles. The first-order valence-corrected chi connectivity index (χ1v) is 7.15. The van der Waals surface area contributed by atoms with Gasteiger partial charge in [0.2, 0.25) is 0 Å². The van der Waals surface area contributed by atoms with Crippen LogP contribution in [0.15, 0.2) is 42.5 Å². The summed E-state index contributed by atoms with van der Waals surface area (Å²) in [5.74, 6) is -0.130. The van der Waals surface area contributed by atoms with E-state index in [0.717, 1.165) is 18.5 Å². The van der Waals surface area contributed by atoms with Gasteiger partial charge in [-0.1, -0.05) is 48.9 Å². The average Bonchev–Trinajstić information content (AvgIpc) is 2.41. The molecular formula is C18H22FN. The summed E-state index contributed by atoms with van der Waals surface area (Å²) in [6.45, 7) is 6.83. The minimum Gasteiger partial charge on any atom is -0.310 e. The van der Waals surface area contributed by atoms with Gasteiger partial charge in [-0.15, -0.1) is 0 Å². The van der Waals surface area contributed by atoms with E-state index >= 15 is 0 Å². The highest BCUT2D eigenvalue weighted by atomic mass is 19.1. The molecule has 106 valence electrons. The van der Waals surface area contributed by atoms with Gasteiger partial charge in [0.1, 0.15) is 5.82 Å². The monoisotopic (exact) mass is 271 g/mol. The molecule has 2 rings (SSSR count). The molecule has 0 bridgehead atoms. The Bertz CT molecular complexity index is 577. The summed E-state index contributed by atoms with van der Waals surface area (Å²) in [5.41, 5.74) is 4.24. The molecule has 1 unspecified atom stereocenters. The quantitative estimate of drug-likeness (QED) is 0.853. The molecule has 0 fully saturated rings. The number of rotatable bonds is 5. The van der Waals surface area contributed by atoms with Gasteiger partial charge < -0.3 is 5.32 Å². The predicted molar refractivity (Wildman–Crippen MR) is 82.4 cm³/mol. The fourth-order valence-electron chi connectivity index (χ4n) is 2.45. The van der Waals surface area contributed by atoms with Crippen molar-refractivity contribution in [1.29, 1.82) is 0 Å². The smallest absolute Gasteiger partial charge is 0.126 e. The fourth-order valence-corrected chi connectivity index (χ4v) is 2.45. The molecule has 0 aliphatic rings. The number of halogens is 1. The molecule has 2 aromatic carbocycles. The van der Waals surface area contributed by atoms with E-state index in [1.165, 1.54) is 11.1 Å². The number of hydrogen-bond acceptors (Lipinski definition) is 1. The number of aryl methyl sites for hydroxylation is 2. The van der Waals surface area contributed by atoms with Gasteiger partial charge in [-0.05, 0) is 49.6 Å². The lowest BCUT2D eigenvalue weighted by Crippen LogP contribution is -2.23. The van der Waals surface area contributed by atoms with Crippen LogP contribution in [0.25, 0.3) is 0 Å². The van der Waals surface area contributed by atoms with E-state index in [1.807, 2.05) is 12.1 Å². The van der Waals surface area contributed by atoms with E-state index in [4.69, 9.17) is 0 Å². The molecular weight excluding hydrogens is 249 g/mol. The standard InChI is InChI=1S/C18H22FN/c1-4-20-18(11-15-7-5-6-13(2)10-15)16-9-8-14(3)17(19)12-16/h5-10,12,18,20H,4,11H2,1-3H3. The van der Waals surface area contributed by atoms with Crippen molar-refractivity contribution in [3.05, 3.63) is 70.5 Å². The molecule has 1 atom stereocenters. The Morgan fingerprint density at radius 3 is 2.55 bits per heavy atom. The summed E-state index contributed by atoms with van der Waals surface area (Å²) in [5, 5.41) is 3.45. The maximum atomic E-state index is 13.8. The highest BCUT2D eigenvalue weighted by Crippen LogP contribution is 2.21. The lowest BCUT2D eigenvalue weighted by Gasteiger charge is -2.19. The first-order valence-electron chi connectivity index (χ1n) is 7.15. The molecule has 0 aliphatic carbocycles. The number of hydrogen-bond donors (Lipinski definition) is 1. The van der Waals surface area contributed by atoms with Crippen molar-refractivity contribution >= 4 is 0 Å². The van der Waals surface area contributed by atoms with Gasteiger partial charge in [0.05, 0.1) is 0 Å². The molecule has 0 saturated heterocycles. The second-order valence-electron chi connectivity index (χ2n) is 5.31. The Kier molecular flexibility index (Phi) is 4.91. The zero-order chi connectivity index (χ0) is 14.5. The van der Waals surface area contributed by atoms with Crippen LogP contribution < -0.4 is 5.32 Å². The molecule has 0 aromatic heterocycles. The van der Waals surface area contributed by atoms with Crippen LogP contribution in [0.1, 0.15) is 35.2 Å². The Balaban J connectivity index is 2.24. The predicted octanol–water partition coefficient (Wildman–Crippen LogP) is 4.34. The van der Waals surface area contributed by atoms with Crippen molar-refractivity contribution in [3.8, 4) is 0 Å². The van der Waals surface area contributed by atoms with Crippen LogP contribution >= 0.6 is 0 Å². The van der Waals surface area contributed by atoms with Crippen LogP contribution in [0.2, 0.25) is 0 Å². The van der Waals surface area contributed by atoms with Crippen molar-refractivity contribution in [2.45, 2.75) is 33.2 Å². The zero-order valence-electron chi connectivity index (χ0n) is 12.4. The molecule has 0 radical (unpaired) electrons. The third-order valence-corrected chi connectivity index (χ3v) is 3.57. The molecule has 0 heterocycles. The first kappa shape index (κ1) is 14.7. The van der Waals surface area contributed by atoms with Crippen molar-refractivity contribution in [2.24, 2.45) is 0 Å². The molecule has 1 nitrogen and oxygen atoms in total.